The largest absolute Gasteiger partial charge is 0.353 e. The Morgan fingerprint density at radius 3 is 2.59 bits per heavy atom. The van der Waals surface area contributed by atoms with E-state index in [-0.39, 0.29) is 5.91 Å². The molecule has 3 heterocycles. The fourth-order valence-electron chi connectivity index (χ4n) is 3.69. The number of fused-ring (bicyclic) bond motifs is 1. The maximum absolute atomic E-state index is 12.7. The van der Waals surface area contributed by atoms with Gasteiger partial charge in [-0.25, -0.2) is 15.0 Å². The Morgan fingerprint density at radius 2 is 1.86 bits per heavy atom. The van der Waals surface area contributed by atoms with Gasteiger partial charge in [-0.15, -0.1) is 0 Å². The Hall–Kier alpha value is -2.96. The summed E-state index contributed by atoms with van der Waals surface area (Å²) in [6, 6.07) is 9.98. The zero-order chi connectivity index (χ0) is 20.4. The molecule has 1 aliphatic heterocycles. The average molecular weight is 393 g/mol. The van der Waals surface area contributed by atoms with Crippen LogP contribution in [0.3, 0.4) is 0 Å². The van der Waals surface area contributed by atoms with Crippen molar-refractivity contribution >= 4 is 22.8 Å². The SMILES string of the molecule is Cc1cc(N2CCN(C(=O)CCc3nc4ccccc4[nH]3)CC2)nc(C(C)C)n1. The summed E-state index contributed by atoms with van der Waals surface area (Å²) in [6.45, 7) is 9.26. The fraction of sp³-hybridized carbons (Fsp3) is 0.455. The highest BCUT2D eigenvalue weighted by Crippen LogP contribution is 2.19. The van der Waals surface area contributed by atoms with Crippen LogP contribution in [0.5, 0.6) is 0 Å². The second-order valence-corrected chi connectivity index (χ2v) is 7.95. The molecular formula is C22H28N6O. The van der Waals surface area contributed by atoms with Crippen LogP contribution in [0.2, 0.25) is 0 Å². The van der Waals surface area contributed by atoms with Crippen LogP contribution in [0.25, 0.3) is 11.0 Å². The molecule has 1 aromatic carbocycles. The number of rotatable bonds is 5. The van der Waals surface area contributed by atoms with Crippen LogP contribution in [0.15, 0.2) is 30.3 Å². The highest BCUT2D eigenvalue weighted by Gasteiger charge is 2.23. The molecule has 0 radical (unpaired) electrons. The minimum Gasteiger partial charge on any atom is -0.353 e. The number of aromatic nitrogens is 4. The standard InChI is InChI=1S/C22H28N6O/c1-15(2)22-23-16(3)14-20(26-22)27-10-12-28(13-11-27)21(29)9-8-19-24-17-6-4-5-7-18(17)25-19/h4-7,14-15H,8-13H2,1-3H3,(H,24,25). The number of nitrogens with one attached hydrogen (secondary N) is 1. The molecule has 0 aliphatic carbocycles. The predicted molar refractivity (Wildman–Crippen MR) is 114 cm³/mol. The molecule has 1 amide bonds. The number of hydrogen-bond donors (Lipinski definition) is 1. The molecule has 0 atom stereocenters. The summed E-state index contributed by atoms with van der Waals surface area (Å²) in [6.07, 6.45) is 1.11. The van der Waals surface area contributed by atoms with Crippen molar-refractivity contribution in [1.82, 2.24) is 24.8 Å². The Kier molecular flexibility index (Phi) is 5.47. The van der Waals surface area contributed by atoms with Crippen LogP contribution >= 0.6 is 0 Å². The van der Waals surface area contributed by atoms with Crippen molar-refractivity contribution in [2.24, 2.45) is 0 Å². The number of aromatic amines is 1. The van der Waals surface area contributed by atoms with E-state index in [0.717, 1.165) is 60.4 Å². The van der Waals surface area contributed by atoms with Gasteiger partial charge in [-0.05, 0) is 19.1 Å². The molecular weight excluding hydrogens is 364 g/mol. The van der Waals surface area contributed by atoms with Gasteiger partial charge < -0.3 is 14.8 Å². The van der Waals surface area contributed by atoms with Crippen LogP contribution < -0.4 is 4.90 Å². The molecule has 0 bridgehead atoms. The van der Waals surface area contributed by atoms with Crippen LogP contribution in [-0.4, -0.2) is 56.9 Å². The third-order valence-corrected chi connectivity index (χ3v) is 5.34. The number of carbonyl (C=O) groups is 1. The predicted octanol–water partition coefficient (Wildman–Crippen LogP) is 3.07. The Bertz CT molecular complexity index is 970. The first-order valence-corrected chi connectivity index (χ1v) is 10.3. The number of imidazole rings is 1. The van der Waals surface area contributed by atoms with Gasteiger partial charge in [0.25, 0.3) is 0 Å². The van der Waals surface area contributed by atoms with Crippen molar-refractivity contribution in [3.05, 3.63) is 47.7 Å². The van der Waals surface area contributed by atoms with Crippen LogP contribution in [0.1, 0.15) is 43.5 Å². The number of para-hydroxylation sites is 2. The van der Waals surface area contributed by atoms with Gasteiger partial charge in [0.2, 0.25) is 5.91 Å². The second-order valence-electron chi connectivity index (χ2n) is 7.95. The average Bonchev–Trinajstić information content (AvgIpc) is 3.14. The fourth-order valence-corrected chi connectivity index (χ4v) is 3.69. The van der Waals surface area contributed by atoms with Crippen molar-refractivity contribution in [3.8, 4) is 0 Å². The molecule has 29 heavy (non-hydrogen) atoms. The quantitative estimate of drug-likeness (QED) is 0.722. The van der Waals surface area contributed by atoms with Crippen LogP contribution in [0, 0.1) is 6.92 Å². The van der Waals surface area contributed by atoms with Gasteiger partial charge in [-0.3, -0.25) is 4.79 Å². The molecule has 1 N–H and O–H groups in total. The van der Waals surface area contributed by atoms with Crippen LogP contribution in [-0.2, 0) is 11.2 Å². The molecule has 3 aromatic rings. The number of amides is 1. The maximum atomic E-state index is 12.7. The molecule has 0 unspecified atom stereocenters. The van der Waals surface area contributed by atoms with Crippen molar-refractivity contribution in [2.45, 2.75) is 39.5 Å². The van der Waals surface area contributed by atoms with Gasteiger partial charge in [-0.1, -0.05) is 26.0 Å². The van der Waals surface area contributed by atoms with E-state index in [1.54, 1.807) is 0 Å². The third-order valence-electron chi connectivity index (χ3n) is 5.34. The monoisotopic (exact) mass is 392 g/mol. The summed E-state index contributed by atoms with van der Waals surface area (Å²) in [5.74, 6) is 3.21. The van der Waals surface area contributed by atoms with Gasteiger partial charge in [0.05, 0.1) is 11.0 Å². The molecule has 0 saturated carbocycles. The van der Waals surface area contributed by atoms with Crippen molar-refractivity contribution in [1.29, 1.82) is 0 Å². The smallest absolute Gasteiger partial charge is 0.223 e. The van der Waals surface area contributed by atoms with E-state index in [2.05, 4.69) is 33.7 Å². The summed E-state index contributed by atoms with van der Waals surface area (Å²) >= 11 is 0. The molecule has 4 rings (SSSR count). The Balaban J connectivity index is 1.32. The highest BCUT2D eigenvalue weighted by atomic mass is 16.2. The Labute approximate surface area is 171 Å². The van der Waals surface area contributed by atoms with Crippen molar-refractivity contribution < 1.29 is 4.79 Å². The van der Waals surface area contributed by atoms with Gasteiger partial charge in [-0.2, -0.15) is 0 Å². The summed E-state index contributed by atoms with van der Waals surface area (Å²) in [5, 5.41) is 0. The number of benzene rings is 1. The topological polar surface area (TPSA) is 78.0 Å². The van der Waals surface area contributed by atoms with Gasteiger partial charge in [0, 0.05) is 56.7 Å². The number of nitrogens with zero attached hydrogens (tertiary/aromatic N) is 5. The summed E-state index contributed by atoms with van der Waals surface area (Å²) in [4.78, 5) is 34.0. The lowest BCUT2D eigenvalue weighted by atomic mass is 10.2. The van der Waals surface area contributed by atoms with Gasteiger partial charge in [0.1, 0.15) is 17.5 Å². The number of H-pyrrole nitrogens is 1. The van der Waals surface area contributed by atoms with Gasteiger partial charge in [0.15, 0.2) is 0 Å². The molecule has 1 fully saturated rings. The molecule has 1 saturated heterocycles. The maximum Gasteiger partial charge on any atom is 0.223 e. The van der Waals surface area contributed by atoms with Crippen LogP contribution in [0.4, 0.5) is 5.82 Å². The lowest BCUT2D eigenvalue weighted by Gasteiger charge is -2.35. The van der Waals surface area contributed by atoms with E-state index in [9.17, 15) is 4.79 Å². The number of piperazine rings is 1. The molecule has 2 aromatic heterocycles. The third kappa shape index (κ3) is 4.39. The first-order valence-electron chi connectivity index (χ1n) is 10.3. The summed E-state index contributed by atoms with van der Waals surface area (Å²) < 4.78 is 0. The van der Waals surface area contributed by atoms with E-state index in [1.807, 2.05) is 42.2 Å². The van der Waals surface area contributed by atoms with E-state index < -0.39 is 0 Å². The molecule has 7 heteroatoms. The van der Waals surface area contributed by atoms with E-state index in [0.29, 0.717) is 18.8 Å². The minimum absolute atomic E-state index is 0.187. The van der Waals surface area contributed by atoms with Crippen molar-refractivity contribution in [2.75, 3.05) is 31.1 Å². The normalized spacial score (nSPS) is 14.8. The number of aryl methyl sites for hydroxylation is 2. The summed E-state index contributed by atoms with van der Waals surface area (Å²) in [7, 11) is 0. The second kappa shape index (κ2) is 8.19. The van der Waals surface area contributed by atoms with E-state index >= 15 is 0 Å². The number of hydrogen-bond acceptors (Lipinski definition) is 5. The molecule has 0 spiro atoms. The zero-order valence-corrected chi connectivity index (χ0v) is 17.4. The lowest BCUT2D eigenvalue weighted by molar-refractivity contribution is -0.131. The highest BCUT2D eigenvalue weighted by molar-refractivity contribution is 5.77. The van der Waals surface area contributed by atoms with E-state index in [4.69, 9.17) is 4.98 Å². The number of carbonyl (C=O) groups excluding carboxylic acids is 1. The van der Waals surface area contributed by atoms with E-state index in [1.165, 1.54) is 0 Å². The first-order chi connectivity index (χ1) is 14.0. The molecule has 7 nitrogen and oxygen atoms in total. The zero-order valence-electron chi connectivity index (χ0n) is 17.4. The molecule has 1 aliphatic rings. The van der Waals surface area contributed by atoms with Crippen molar-refractivity contribution in [3.63, 3.8) is 0 Å². The lowest BCUT2D eigenvalue weighted by Crippen LogP contribution is -2.49. The number of anilines is 1. The minimum atomic E-state index is 0.187. The molecule has 152 valence electrons. The Morgan fingerprint density at radius 1 is 1.10 bits per heavy atom. The van der Waals surface area contributed by atoms with Gasteiger partial charge >= 0.3 is 0 Å². The first kappa shape index (κ1) is 19.4. The summed E-state index contributed by atoms with van der Waals surface area (Å²) in [5.41, 5.74) is 2.96.